The number of likely N-dealkylation sites (tertiary alicyclic amines) is 1. The molecule has 18 heavy (non-hydrogen) atoms. The Kier molecular flexibility index (Phi) is 4.17. The normalized spacial score (nSPS) is 18.2. The molecule has 1 atom stereocenters. The smallest absolute Gasteiger partial charge is 0.317 e. The molecule has 0 aromatic carbocycles. The Morgan fingerprint density at radius 3 is 2.56 bits per heavy atom. The second-order valence-electron chi connectivity index (χ2n) is 4.87. The third kappa shape index (κ3) is 3.00. The van der Waals surface area contributed by atoms with Crippen LogP contribution in [0.5, 0.6) is 0 Å². The minimum atomic E-state index is -0.117. The molecule has 1 aromatic heterocycles. The minimum absolute atomic E-state index is 0.00685. The number of hydrogen-bond acceptors (Lipinski definition) is 3. The van der Waals surface area contributed by atoms with E-state index in [1.54, 1.807) is 6.33 Å². The third-order valence-corrected chi connectivity index (χ3v) is 3.37. The number of aromatic nitrogens is 3. The number of nitrogens with one attached hydrogen (secondary N) is 1. The Morgan fingerprint density at radius 2 is 2.00 bits per heavy atom. The first-order valence-electron chi connectivity index (χ1n) is 6.58. The lowest BCUT2D eigenvalue weighted by Gasteiger charge is -2.23. The number of amides is 2. The second-order valence-corrected chi connectivity index (χ2v) is 4.87. The van der Waals surface area contributed by atoms with Gasteiger partial charge in [-0.3, -0.25) is 0 Å². The van der Waals surface area contributed by atoms with Crippen LogP contribution in [0.3, 0.4) is 0 Å². The number of carbonyl (C=O) groups is 1. The lowest BCUT2D eigenvalue weighted by atomic mass is 10.2. The maximum absolute atomic E-state index is 12.1. The average Bonchev–Trinajstić information content (AvgIpc) is 2.63. The fraction of sp³-hybridized carbons (Fsp3) is 0.750. The van der Waals surface area contributed by atoms with Crippen LogP contribution in [-0.2, 0) is 7.05 Å². The number of urea groups is 1. The summed E-state index contributed by atoms with van der Waals surface area (Å²) in [6, 6.07) is -0.111. The van der Waals surface area contributed by atoms with Gasteiger partial charge in [0.1, 0.15) is 6.33 Å². The molecule has 1 aliphatic heterocycles. The highest BCUT2D eigenvalue weighted by molar-refractivity contribution is 5.74. The zero-order chi connectivity index (χ0) is 13.0. The van der Waals surface area contributed by atoms with E-state index in [4.69, 9.17) is 0 Å². The van der Waals surface area contributed by atoms with E-state index in [-0.39, 0.29) is 12.1 Å². The van der Waals surface area contributed by atoms with E-state index in [0.717, 1.165) is 31.8 Å². The van der Waals surface area contributed by atoms with Crippen LogP contribution in [0.25, 0.3) is 0 Å². The van der Waals surface area contributed by atoms with E-state index in [1.807, 2.05) is 23.4 Å². The predicted octanol–water partition coefficient (Wildman–Crippen LogP) is 1.46. The summed E-state index contributed by atoms with van der Waals surface area (Å²) in [6.45, 7) is 3.65. The summed E-state index contributed by atoms with van der Waals surface area (Å²) in [6.07, 6.45) is 6.30. The molecule has 2 heterocycles. The van der Waals surface area contributed by atoms with Crippen molar-refractivity contribution in [3.05, 3.63) is 12.2 Å². The summed E-state index contributed by atoms with van der Waals surface area (Å²) < 4.78 is 1.83. The van der Waals surface area contributed by atoms with E-state index in [9.17, 15) is 4.79 Å². The highest BCUT2D eigenvalue weighted by atomic mass is 16.2. The first kappa shape index (κ1) is 12.9. The van der Waals surface area contributed by atoms with Gasteiger partial charge in [-0.25, -0.2) is 4.79 Å². The maximum atomic E-state index is 12.1. The molecule has 100 valence electrons. The molecule has 6 nitrogen and oxygen atoms in total. The van der Waals surface area contributed by atoms with Gasteiger partial charge in [0.2, 0.25) is 0 Å². The van der Waals surface area contributed by atoms with Gasteiger partial charge in [-0.2, -0.15) is 0 Å². The SMILES string of the molecule is CC(NC(=O)N1CCCCCC1)c1nncn1C. The van der Waals surface area contributed by atoms with Crippen LogP contribution >= 0.6 is 0 Å². The van der Waals surface area contributed by atoms with E-state index < -0.39 is 0 Å². The topological polar surface area (TPSA) is 63.1 Å². The van der Waals surface area contributed by atoms with Gasteiger partial charge < -0.3 is 14.8 Å². The number of carbonyl (C=O) groups excluding carboxylic acids is 1. The Hall–Kier alpha value is -1.59. The van der Waals surface area contributed by atoms with E-state index in [1.165, 1.54) is 12.8 Å². The fourth-order valence-corrected chi connectivity index (χ4v) is 2.30. The van der Waals surface area contributed by atoms with Gasteiger partial charge in [-0.15, -0.1) is 10.2 Å². The molecule has 0 aliphatic carbocycles. The van der Waals surface area contributed by atoms with Crippen molar-refractivity contribution < 1.29 is 4.79 Å². The molecule has 2 rings (SSSR count). The Morgan fingerprint density at radius 1 is 1.33 bits per heavy atom. The molecule has 0 bridgehead atoms. The summed E-state index contributed by atoms with van der Waals surface area (Å²) in [5, 5.41) is 10.8. The molecule has 2 amide bonds. The lowest BCUT2D eigenvalue weighted by Crippen LogP contribution is -2.42. The van der Waals surface area contributed by atoms with Crippen LogP contribution < -0.4 is 5.32 Å². The Balaban J connectivity index is 1.92. The summed E-state index contributed by atoms with van der Waals surface area (Å²) in [5.41, 5.74) is 0. The Labute approximate surface area is 107 Å². The van der Waals surface area contributed by atoms with Gasteiger partial charge in [0.15, 0.2) is 5.82 Å². The molecule has 1 saturated heterocycles. The maximum Gasteiger partial charge on any atom is 0.317 e. The largest absolute Gasteiger partial charge is 0.328 e. The Bertz CT molecular complexity index is 395. The van der Waals surface area contributed by atoms with Gasteiger partial charge in [0, 0.05) is 20.1 Å². The van der Waals surface area contributed by atoms with Crippen molar-refractivity contribution in [1.29, 1.82) is 0 Å². The van der Waals surface area contributed by atoms with Gasteiger partial charge in [-0.05, 0) is 19.8 Å². The molecular formula is C12H21N5O. The quantitative estimate of drug-likeness (QED) is 0.865. The van der Waals surface area contributed by atoms with Crippen molar-refractivity contribution in [3.8, 4) is 0 Å². The van der Waals surface area contributed by atoms with Gasteiger partial charge in [-0.1, -0.05) is 12.8 Å². The number of rotatable bonds is 2. The van der Waals surface area contributed by atoms with Crippen molar-refractivity contribution in [3.63, 3.8) is 0 Å². The van der Waals surface area contributed by atoms with Crippen molar-refractivity contribution >= 4 is 6.03 Å². The molecule has 1 aliphatic rings. The summed E-state index contributed by atoms with van der Waals surface area (Å²) >= 11 is 0. The zero-order valence-electron chi connectivity index (χ0n) is 11.1. The first-order valence-corrected chi connectivity index (χ1v) is 6.58. The summed E-state index contributed by atoms with van der Waals surface area (Å²) in [7, 11) is 1.88. The fourth-order valence-electron chi connectivity index (χ4n) is 2.30. The number of hydrogen-bond donors (Lipinski definition) is 1. The third-order valence-electron chi connectivity index (χ3n) is 3.37. The van der Waals surface area contributed by atoms with Crippen LogP contribution in [0.1, 0.15) is 44.5 Å². The van der Waals surface area contributed by atoms with Crippen LogP contribution in [0, 0.1) is 0 Å². The molecule has 1 unspecified atom stereocenters. The molecule has 1 aromatic rings. The molecule has 1 N–H and O–H groups in total. The lowest BCUT2D eigenvalue weighted by molar-refractivity contribution is 0.196. The van der Waals surface area contributed by atoms with Crippen molar-refractivity contribution in [2.45, 2.75) is 38.6 Å². The standard InChI is InChI=1S/C12H21N5O/c1-10(11-15-13-9-16(11)2)14-12(18)17-7-5-3-4-6-8-17/h9-10H,3-8H2,1-2H3,(H,14,18). The average molecular weight is 251 g/mol. The van der Waals surface area contributed by atoms with E-state index in [0.29, 0.717) is 0 Å². The van der Waals surface area contributed by atoms with E-state index in [2.05, 4.69) is 15.5 Å². The van der Waals surface area contributed by atoms with Crippen LogP contribution in [0.4, 0.5) is 4.79 Å². The van der Waals surface area contributed by atoms with Crippen LogP contribution in [-0.4, -0.2) is 38.8 Å². The first-order chi connectivity index (χ1) is 8.68. The molecule has 1 fully saturated rings. The molecule has 0 saturated carbocycles. The minimum Gasteiger partial charge on any atom is -0.328 e. The summed E-state index contributed by atoms with van der Waals surface area (Å²) in [4.78, 5) is 14.0. The van der Waals surface area contributed by atoms with E-state index >= 15 is 0 Å². The van der Waals surface area contributed by atoms with Gasteiger partial charge >= 0.3 is 6.03 Å². The van der Waals surface area contributed by atoms with Crippen LogP contribution in [0.15, 0.2) is 6.33 Å². The number of nitrogens with zero attached hydrogens (tertiary/aromatic N) is 4. The summed E-state index contributed by atoms with van der Waals surface area (Å²) in [5.74, 6) is 0.776. The van der Waals surface area contributed by atoms with Gasteiger partial charge in [0.05, 0.1) is 6.04 Å². The molecule has 0 spiro atoms. The van der Waals surface area contributed by atoms with Gasteiger partial charge in [0.25, 0.3) is 0 Å². The zero-order valence-corrected chi connectivity index (χ0v) is 11.1. The highest BCUT2D eigenvalue weighted by Gasteiger charge is 2.19. The number of aryl methyl sites for hydroxylation is 1. The predicted molar refractivity (Wildman–Crippen MR) is 68.0 cm³/mol. The second kappa shape index (κ2) is 5.84. The monoisotopic (exact) mass is 251 g/mol. The van der Waals surface area contributed by atoms with Crippen molar-refractivity contribution in [2.24, 2.45) is 7.05 Å². The van der Waals surface area contributed by atoms with Crippen molar-refractivity contribution in [1.82, 2.24) is 25.0 Å². The highest BCUT2D eigenvalue weighted by Crippen LogP contribution is 2.12. The molecular weight excluding hydrogens is 230 g/mol. The van der Waals surface area contributed by atoms with Crippen LogP contribution in [0.2, 0.25) is 0 Å². The molecule has 6 heteroatoms. The van der Waals surface area contributed by atoms with Crippen molar-refractivity contribution in [2.75, 3.05) is 13.1 Å². The molecule has 0 radical (unpaired) electrons.